The molecule has 14 heavy (non-hydrogen) atoms. The molecule has 0 fully saturated rings. The van der Waals surface area contributed by atoms with Gasteiger partial charge in [0, 0.05) is 4.47 Å². The van der Waals surface area contributed by atoms with Gasteiger partial charge in [-0.25, -0.2) is 0 Å². The Kier molecular flexibility index (Phi) is 4.58. The summed E-state index contributed by atoms with van der Waals surface area (Å²) in [6.07, 6.45) is 0.0933. The van der Waals surface area contributed by atoms with Crippen LogP contribution in [-0.2, 0) is 6.42 Å². The Hall–Kier alpha value is -0.380. The Bertz CT molecular complexity index is 286. The van der Waals surface area contributed by atoms with Crippen molar-refractivity contribution in [3.63, 3.8) is 0 Å². The molecule has 78 valence electrons. The fourth-order valence-electron chi connectivity index (χ4n) is 1.25. The third-order valence-corrected chi connectivity index (χ3v) is 2.67. The second kappa shape index (κ2) is 5.49. The minimum absolute atomic E-state index is 0.591. The van der Waals surface area contributed by atoms with Crippen LogP contribution in [0.2, 0.25) is 0 Å². The first kappa shape index (κ1) is 11.7. The summed E-state index contributed by atoms with van der Waals surface area (Å²) in [5.41, 5.74) is 1.17. The molecule has 0 heterocycles. The summed E-state index contributed by atoms with van der Waals surface area (Å²) in [6.45, 7) is 1.60. The quantitative estimate of drug-likeness (QED) is 0.869. The summed E-state index contributed by atoms with van der Waals surface area (Å²) in [4.78, 5) is 0. The predicted octanol–water partition coefficient (Wildman–Crippen LogP) is 2.12. The fraction of sp³-hybridized carbons (Fsp3) is 0.455. The summed E-state index contributed by atoms with van der Waals surface area (Å²) >= 11 is 3.39. The van der Waals surface area contributed by atoms with Gasteiger partial charge in [-0.1, -0.05) is 28.1 Å². The van der Waals surface area contributed by atoms with Crippen LogP contribution in [0.25, 0.3) is 0 Å². The molecule has 0 aliphatic rings. The molecule has 1 aromatic rings. The van der Waals surface area contributed by atoms with Crippen LogP contribution in [0.3, 0.4) is 0 Å². The van der Waals surface area contributed by atoms with Gasteiger partial charge in [-0.15, -0.1) is 0 Å². The lowest BCUT2D eigenvalue weighted by atomic mass is 10.0. The molecule has 2 nitrogen and oxygen atoms in total. The van der Waals surface area contributed by atoms with E-state index in [0.717, 1.165) is 10.9 Å². The molecule has 2 N–H and O–H groups in total. The Morgan fingerprint density at radius 1 is 1.36 bits per heavy atom. The number of hydrogen-bond donors (Lipinski definition) is 2. The van der Waals surface area contributed by atoms with Crippen molar-refractivity contribution in [1.29, 1.82) is 0 Å². The molecule has 0 spiro atoms. The minimum Gasteiger partial charge on any atom is -0.391 e. The second-order valence-electron chi connectivity index (χ2n) is 3.48. The number of benzene rings is 1. The highest BCUT2D eigenvalue weighted by atomic mass is 79.9. The van der Waals surface area contributed by atoms with Crippen molar-refractivity contribution in [3.05, 3.63) is 34.3 Å². The van der Waals surface area contributed by atoms with Gasteiger partial charge < -0.3 is 10.2 Å². The van der Waals surface area contributed by atoms with E-state index in [4.69, 9.17) is 5.11 Å². The van der Waals surface area contributed by atoms with Gasteiger partial charge in [0.2, 0.25) is 0 Å². The third-order valence-electron chi connectivity index (χ3n) is 2.17. The molecule has 0 aliphatic heterocycles. The molecule has 0 aliphatic carbocycles. The Labute approximate surface area is 92.7 Å². The molecule has 0 saturated carbocycles. The van der Waals surface area contributed by atoms with E-state index in [1.54, 1.807) is 6.92 Å². The first-order valence-corrected chi connectivity index (χ1v) is 5.49. The second-order valence-corrected chi connectivity index (χ2v) is 4.39. The van der Waals surface area contributed by atoms with Crippen molar-refractivity contribution in [2.24, 2.45) is 0 Å². The molecule has 3 heteroatoms. The first-order valence-electron chi connectivity index (χ1n) is 4.70. The summed E-state index contributed by atoms with van der Waals surface area (Å²) in [5, 5.41) is 18.5. The van der Waals surface area contributed by atoms with Crippen molar-refractivity contribution in [1.82, 2.24) is 0 Å². The van der Waals surface area contributed by atoms with Crippen LogP contribution in [0.4, 0.5) is 0 Å². The van der Waals surface area contributed by atoms with Crippen LogP contribution >= 0.6 is 15.9 Å². The van der Waals surface area contributed by atoms with E-state index < -0.39 is 12.2 Å². The maximum Gasteiger partial charge on any atom is 0.0799 e. The standard InChI is InChI=1S/C11H15BrO2/c1-8(13)11(14)6-5-9-3-2-4-10(12)7-9/h2-4,7-8,11,13-14H,5-6H2,1H3. The lowest BCUT2D eigenvalue weighted by Crippen LogP contribution is -2.22. The molecule has 1 aromatic carbocycles. The molecule has 2 atom stereocenters. The Morgan fingerprint density at radius 2 is 2.07 bits per heavy atom. The van der Waals surface area contributed by atoms with Gasteiger partial charge in [0.1, 0.15) is 0 Å². The van der Waals surface area contributed by atoms with Gasteiger partial charge in [0.25, 0.3) is 0 Å². The zero-order valence-corrected chi connectivity index (χ0v) is 9.74. The molecule has 2 unspecified atom stereocenters. The van der Waals surface area contributed by atoms with Gasteiger partial charge in [-0.3, -0.25) is 0 Å². The highest BCUT2D eigenvalue weighted by Gasteiger charge is 2.10. The Balaban J connectivity index is 2.45. The van der Waals surface area contributed by atoms with Gasteiger partial charge in [-0.05, 0) is 37.5 Å². The molecule has 0 bridgehead atoms. The highest BCUT2D eigenvalue weighted by molar-refractivity contribution is 9.10. The minimum atomic E-state index is -0.651. The van der Waals surface area contributed by atoms with Crippen molar-refractivity contribution in [2.75, 3.05) is 0 Å². The molecular weight excluding hydrogens is 244 g/mol. The van der Waals surface area contributed by atoms with Crippen molar-refractivity contribution in [3.8, 4) is 0 Å². The third kappa shape index (κ3) is 3.78. The largest absolute Gasteiger partial charge is 0.391 e. The van der Waals surface area contributed by atoms with E-state index in [0.29, 0.717) is 6.42 Å². The van der Waals surface area contributed by atoms with E-state index >= 15 is 0 Å². The van der Waals surface area contributed by atoms with E-state index in [-0.39, 0.29) is 0 Å². The van der Waals surface area contributed by atoms with Gasteiger partial charge in [-0.2, -0.15) is 0 Å². The number of halogens is 1. The van der Waals surface area contributed by atoms with Crippen LogP contribution in [-0.4, -0.2) is 22.4 Å². The molecule has 0 saturated heterocycles. The van der Waals surface area contributed by atoms with Crippen LogP contribution in [0.15, 0.2) is 28.7 Å². The number of rotatable bonds is 4. The SMILES string of the molecule is CC(O)C(O)CCc1cccc(Br)c1. The van der Waals surface area contributed by atoms with Gasteiger partial charge in [0.15, 0.2) is 0 Å². The van der Waals surface area contributed by atoms with E-state index in [1.165, 1.54) is 5.56 Å². The molecule has 1 rings (SSSR count). The zero-order chi connectivity index (χ0) is 10.6. The van der Waals surface area contributed by atoms with Gasteiger partial charge >= 0.3 is 0 Å². The lowest BCUT2D eigenvalue weighted by Gasteiger charge is -2.13. The summed E-state index contributed by atoms with van der Waals surface area (Å²) in [6, 6.07) is 7.97. The van der Waals surface area contributed by atoms with E-state index in [2.05, 4.69) is 15.9 Å². The average Bonchev–Trinajstić information content (AvgIpc) is 2.14. The van der Waals surface area contributed by atoms with Crippen LogP contribution < -0.4 is 0 Å². The highest BCUT2D eigenvalue weighted by Crippen LogP contribution is 2.14. The number of aryl methyl sites for hydroxylation is 1. The van der Waals surface area contributed by atoms with Crippen molar-refractivity contribution < 1.29 is 10.2 Å². The molecule has 0 radical (unpaired) electrons. The van der Waals surface area contributed by atoms with Crippen molar-refractivity contribution in [2.45, 2.75) is 32.0 Å². The van der Waals surface area contributed by atoms with E-state index in [9.17, 15) is 5.11 Å². The summed E-state index contributed by atoms with van der Waals surface area (Å²) in [5.74, 6) is 0. The lowest BCUT2D eigenvalue weighted by molar-refractivity contribution is 0.0265. The van der Waals surface area contributed by atoms with E-state index in [1.807, 2.05) is 24.3 Å². The zero-order valence-electron chi connectivity index (χ0n) is 8.15. The molecule has 0 amide bonds. The monoisotopic (exact) mass is 258 g/mol. The average molecular weight is 259 g/mol. The first-order chi connectivity index (χ1) is 6.59. The summed E-state index contributed by atoms with van der Waals surface area (Å²) < 4.78 is 1.04. The predicted molar refractivity (Wildman–Crippen MR) is 60.2 cm³/mol. The smallest absolute Gasteiger partial charge is 0.0799 e. The van der Waals surface area contributed by atoms with Crippen LogP contribution in [0.1, 0.15) is 18.9 Å². The normalized spacial score (nSPS) is 15.1. The van der Waals surface area contributed by atoms with Crippen molar-refractivity contribution >= 4 is 15.9 Å². The summed E-state index contributed by atoms with van der Waals surface area (Å²) in [7, 11) is 0. The number of aliphatic hydroxyl groups excluding tert-OH is 2. The van der Waals surface area contributed by atoms with Crippen LogP contribution in [0, 0.1) is 0 Å². The fourth-order valence-corrected chi connectivity index (χ4v) is 1.69. The number of aliphatic hydroxyl groups is 2. The number of hydrogen-bond acceptors (Lipinski definition) is 2. The van der Waals surface area contributed by atoms with Gasteiger partial charge in [0.05, 0.1) is 12.2 Å². The molecule has 0 aromatic heterocycles. The Morgan fingerprint density at radius 3 is 2.64 bits per heavy atom. The maximum atomic E-state index is 9.40. The topological polar surface area (TPSA) is 40.5 Å². The maximum absolute atomic E-state index is 9.40. The van der Waals surface area contributed by atoms with Crippen LogP contribution in [0.5, 0.6) is 0 Å². The molecular formula is C11H15BrO2.